The second-order valence-corrected chi connectivity index (χ2v) is 7.02. The summed E-state index contributed by atoms with van der Waals surface area (Å²) in [6, 6.07) is 5.94. The molecule has 1 saturated heterocycles. The van der Waals surface area contributed by atoms with Crippen molar-refractivity contribution in [3.05, 3.63) is 35.4 Å². The van der Waals surface area contributed by atoms with Gasteiger partial charge in [0.05, 0.1) is 20.3 Å². The van der Waals surface area contributed by atoms with Gasteiger partial charge in [-0.3, -0.25) is 14.8 Å². The lowest BCUT2D eigenvalue weighted by atomic mass is 10.0. The molecule has 3 heterocycles. The Morgan fingerprint density at radius 3 is 3.07 bits per heavy atom. The van der Waals surface area contributed by atoms with Crippen LogP contribution in [0.15, 0.2) is 18.2 Å². The van der Waals surface area contributed by atoms with Crippen molar-refractivity contribution >= 4 is 11.6 Å². The van der Waals surface area contributed by atoms with Crippen molar-refractivity contribution in [3.8, 4) is 5.75 Å². The zero-order valence-electron chi connectivity index (χ0n) is 15.8. The van der Waals surface area contributed by atoms with E-state index >= 15 is 0 Å². The predicted octanol–water partition coefficient (Wildman–Crippen LogP) is 1.47. The maximum atomic E-state index is 13.0. The summed E-state index contributed by atoms with van der Waals surface area (Å²) in [4.78, 5) is 21.4. The number of hydrogen-bond donors (Lipinski definition) is 1. The van der Waals surface area contributed by atoms with Crippen LogP contribution in [0.2, 0.25) is 0 Å². The fourth-order valence-corrected chi connectivity index (χ4v) is 3.74. The molecule has 2 aromatic rings. The molecule has 4 rings (SSSR count). The van der Waals surface area contributed by atoms with Crippen LogP contribution in [0, 0.1) is 6.92 Å². The molecule has 0 saturated carbocycles. The van der Waals surface area contributed by atoms with Gasteiger partial charge >= 0.3 is 0 Å². The summed E-state index contributed by atoms with van der Waals surface area (Å²) in [7, 11) is 1.66. The monoisotopic (exact) mass is 371 g/mol. The van der Waals surface area contributed by atoms with E-state index in [0.717, 1.165) is 43.2 Å². The quantitative estimate of drug-likeness (QED) is 0.876. The predicted molar refractivity (Wildman–Crippen MR) is 99.9 cm³/mol. The van der Waals surface area contributed by atoms with Gasteiger partial charge in [-0.1, -0.05) is 0 Å². The molecular formula is C19H25N5O3. The molecule has 2 aliphatic rings. The van der Waals surface area contributed by atoms with Gasteiger partial charge in [-0.25, -0.2) is 4.98 Å². The first-order valence-corrected chi connectivity index (χ1v) is 9.34. The minimum absolute atomic E-state index is 0.118. The van der Waals surface area contributed by atoms with E-state index in [9.17, 15) is 4.79 Å². The Labute approximate surface area is 158 Å². The van der Waals surface area contributed by atoms with E-state index in [4.69, 9.17) is 9.47 Å². The SMILES string of the molecule is COc1ccc2c(c1)CCCN2C(=O)CN1CCOC(c2n[nH]c(C)n2)C1. The minimum Gasteiger partial charge on any atom is -0.497 e. The molecule has 1 N–H and O–H groups in total. The number of ether oxygens (including phenoxy) is 2. The first-order chi connectivity index (χ1) is 13.1. The molecule has 0 aliphatic carbocycles. The van der Waals surface area contributed by atoms with Crippen molar-refractivity contribution in [2.45, 2.75) is 25.9 Å². The molecule has 2 aliphatic heterocycles. The number of amides is 1. The highest BCUT2D eigenvalue weighted by molar-refractivity contribution is 5.96. The van der Waals surface area contributed by atoms with Crippen LogP contribution in [0.5, 0.6) is 5.75 Å². The summed E-state index contributed by atoms with van der Waals surface area (Å²) >= 11 is 0. The third-order valence-electron chi connectivity index (χ3n) is 5.12. The van der Waals surface area contributed by atoms with Gasteiger partial charge in [-0.15, -0.1) is 0 Å². The number of anilines is 1. The first kappa shape index (κ1) is 17.9. The van der Waals surface area contributed by atoms with E-state index in [2.05, 4.69) is 20.1 Å². The normalized spacial score (nSPS) is 20.4. The third-order valence-corrected chi connectivity index (χ3v) is 5.12. The second-order valence-electron chi connectivity index (χ2n) is 7.02. The Morgan fingerprint density at radius 2 is 2.30 bits per heavy atom. The fourth-order valence-electron chi connectivity index (χ4n) is 3.74. The number of aryl methyl sites for hydroxylation is 2. The van der Waals surface area contributed by atoms with E-state index < -0.39 is 0 Å². The van der Waals surface area contributed by atoms with Crippen LogP contribution in [0.3, 0.4) is 0 Å². The van der Waals surface area contributed by atoms with Crippen LogP contribution in [-0.2, 0) is 16.0 Å². The number of nitrogens with one attached hydrogen (secondary N) is 1. The average molecular weight is 371 g/mol. The Kier molecular flexibility index (Phi) is 5.09. The van der Waals surface area contributed by atoms with E-state index in [-0.39, 0.29) is 12.0 Å². The highest BCUT2D eigenvalue weighted by Crippen LogP contribution is 2.31. The standard InChI is InChI=1S/C19H25N5O3/c1-13-20-19(22-21-13)17-11-23(8-9-27-17)12-18(25)24-7-3-4-14-10-15(26-2)5-6-16(14)24/h5-6,10,17H,3-4,7-9,11-12H2,1-2H3,(H,20,21,22). The van der Waals surface area contributed by atoms with Gasteiger partial charge in [0.2, 0.25) is 5.91 Å². The number of nitrogens with zero attached hydrogens (tertiary/aromatic N) is 4. The molecule has 8 nitrogen and oxygen atoms in total. The molecule has 0 bridgehead atoms. The van der Waals surface area contributed by atoms with Crippen molar-refractivity contribution in [2.24, 2.45) is 0 Å². The maximum Gasteiger partial charge on any atom is 0.241 e. The van der Waals surface area contributed by atoms with Gasteiger partial charge in [-0.2, -0.15) is 5.10 Å². The van der Waals surface area contributed by atoms with E-state index in [0.29, 0.717) is 25.5 Å². The number of H-pyrrole nitrogens is 1. The lowest BCUT2D eigenvalue weighted by molar-refractivity contribution is -0.122. The molecule has 0 spiro atoms. The number of aromatic nitrogens is 3. The first-order valence-electron chi connectivity index (χ1n) is 9.34. The van der Waals surface area contributed by atoms with Gasteiger partial charge in [0.25, 0.3) is 0 Å². The fraction of sp³-hybridized carbons (Fsp3) is 0.526. The van der Waals surface area contributed by atoms with Crippen LogP contribution < -0.4 is 9.64 Å². The van der Waals surface area contributed by atoms with Gasteiger partial charge in [0, 0.05) is 25.3 Å². The molecule has 1 aromatic carbocycles. The number of carbonyl (C=O) groups is 1. The van der Waals surface area contributed by atoms with Crippen molar-refractivity contribution in [1.29, 1.82) is 0 Å². The average Bonchev–Trinajstić information content (AvgIpc) is 3.13. The van der Waals surface area contributed by atoms with E-state index in [1.165, 1.54) is 5.56 Å². The Bertz CT molecular complexity index is 821. The summed E-state index contributed by atoms with van der Waals surface area (Å²) in [5, 5.41) is 7.04. The van der Waals surface area contributed by atoms with Crippen LogP contribution in [0.4, 0.5) is 5.69 Å². The summed E-state index contributed by atoms with van der Waals surface area (Å²) in [5.41, 5.74) is 2.17. The molecule has 1 atom stereocenters. The molecule has 1 fully saturated rings. The molecule has 1 aromatic heterocycles. The topological polar surface area (TPSA) is 83.6 Å². The van der Waals surface area contributed by atoms with Crippen molar-refractivity contribution in [3.63, 3.8) is 0 Å². The number of hydrogen-bond acceptors (Lipinski definition) is 6. The number of morpholine rings is 1. The number of rotatable bonds is 4. The van der Waals surface area contributed by atoms with Gasteiger partial charge in [0.15, 0.2) is 5.82 Å². The minimum atomic E-state index is -0.200. The highest BCUT2D eigenvalue weighted by Gasteiger charge is 2.29. The zero-order valence-corrected chi connectivity index (χ0v) is 15.8. The zero-order chi connectivity index (χ0) is 18.8. The lowest BCUT2D eigenvalue weighted by Gasteiger charge is -2.34. The molecule has 1 unspecified atom stereocenters. The van der Waals surface area contributed by atoms with Gasteiger partial charge in [-0.05, 0) is 43.5 Å². The lowest BCUT2D eigenvalue weighted by Crippen LogP contribution is -2.47. The van der Waals surface area contributed by atoms with Gasteiger partial charge < -0.3 is 14.4 Å². The smallest absolute Gasteiger partial charge is 0.241 e. The Balaban J connectivity index is 1.43. The van der Waals surface area contributed by atoms with Gasteiger partial charge in [0.1, 0.15) is 17.7 Å². The summed E-state index contributed by atoms with van der Waals surface area (Å²) in [6.45, 7) is 4.91. The molecule has 8 heteroatoms. The largest absolute Gasteiger partial charge is 0.497 e. The summed E-state index contributed by atoms with van der Waals surface area (Å²) in [6.07, 6.45) is 1.74. The van der Waals surface area contributed by atoms with E-state index in [1.54, 1.807) is 7.11 Å². The van der Waals surface area contributed by atoms with Crippen molar-refractivity contribution in [1.82, 2.24) is 20.1 Å². The molecule has 144 valence electrons. The summed E-state index contributed by atoms with van der Waals surface area (Å²) < 4.78 is 11.1. The molecule has 1 amide bonds. The van der Waals surface area contributed by atoms with Crippen LogP contribution in [0.1, 0.15) is 29.7 Å². The molecule has 27 heavy (non-hydrogen) atoms. The molecular weight excluding hydrogens is 346 g/mol. The Morgan fingerprint density at radius 1 is 1.41 bits per heavy atom. The number of benzene rings is 1. The highest BCUT2D eigenvalue weighted by atomic mass is 16.5. The second kappa shape index (κ2) is 7.66. The van der Waals surface area contributed by atoms with Crippen molar-refractivity contribution in [2.75, 3.05) is 44.8 Å². The third kappa shape index (κ3) is 3.81. The van der Waals surface area contributed by atoms with Crippen LogP contribution >= 0.6 is 0 Å². The summed E-state index contributed by atoms with van der Waals surface area (Å²) in [5.74, 6) is 2.37. The van der Waals surface area contributed by atoms with Crippen LogP contribution in [0.25, 0.3) is 0 Å². The number of fused-ring (bicyclic) bond motifs is 1. The Hall–Kier alpha value is -2.45. The van der Waals surface area contributed by atoms with Crippen LogP contribution in [-0.4, -0.2) is 65.9 Å². The van der Waals surface area contributed by atoms with E-state index in [1.807, 2.05) is 30.0 Å². The number of aromatic amines is 1. The number of carbonyl (C=O) groups excluding carboxylic acids is 1. The molecule has 0 radical (unpaired) electrons. The maximum absolute atomic E-state index is 13.0. The van der Waals surface area contributed by atoms with Crippen molar-refractivity contribution < 1.29 is 14.3 Å². The number of methoxy groups -OCH3 is 1.